The Hall–Kier alpha value is -2.52. The summed E-state index contributed by atoms with van der Waals surface area (Å²) >= 11 is 10.9. The Morgan fingerprint density at radius 2 is 1.54 bits per heavy atom. The molecule has 138 valence electrons. The molecule has 0 aliphatic rings. The van der Waals surface area contributed by atoms with Crippen LogP contribution in [0.5, 0.6) is 0 Å². The van der Waals surface area contributed by atoms with Gasteiger partial charge in [-0.2, -0.15) is 5.26 Å². The number of nitrogens with zero attached hydrogens (tertiary/aromatic N) is 1. The van der Waals surface area contributed by atoms with Crippen LogP contribution in [0.1, 0.15) is 5.56 Å². The Bertz CT molecular complexity index is 1040. The van der Waals surface area contributed by atoms with Crippen molar-refractivity contribution in [3.05, 3.63) is 93.4 Å². The molecule has 1 amide bonds. The smallest absolute Gasteiger partial charge is 0.266 e. The number of halogens is 2. The fourth-order valence-electron chi connectivity index (χ4n) is 2.32. The van der Waals surface area contributed by atoms with Crippen molar-refractivity contribution < 1.29 is 4.79 Å². The van der Waals surface area contributed by atoms with Gasteiger partial charge in [0.2, 0.25) is 0 Å². The summed E-state index contributed by atoms with van der Waals surface area (Å²) in [5.74, 6) is -0.440. The highest BCUT2D eigenvalue weighted by Crippen LogP contribution is 2.29. The van der Waals surface area contributed by atoms with Gasteiger partial charge in [0.1, 0.15) is 11.6 Å². The Morgan fingerprint density at radius 1 is 0.964 bits per heavy atom. The summed E-state index contributed by atoms with van der Waals surface area (Å²) in [6.07, 6.45) is 1.57. The average Bonchev–Trinajstić information content (AvgIpc) is 2.71. The Morgan fingerprint density at radius 3 is 2.11 bits per heavy atom. The molecule has 0 saturated heterocycles. The lowest BCUT2D eigenvalue weighted by Gasteiger charge is -2.05. The summed E-state index contributed by atoms with van der Waals surface area (Å²) in [7, 11) is 0. The standard InChI is InChI=1S/C22H14BrClN2OS/c23-17-3-7-19(8-4-17)26-22(27)16(14-25)13-15-1-9-20(10-2-15)28-21-11-5-18(24)6-12-21/h1-13H,(H,26,27)/b16-13-. The van der Waals surface area contributed by atoms with E-state index in [4.69, 9.17) is 11.6 Å². The zero-order chi connectivity index (χ0) is 19.9. The first-order valence-electron chi connectivity index (χ1n) is 8.26. The molecule has 6 heteroatoms. The van der Waals surface area contributed by atoms with Crippen molar-refractivity contribution in [1.82, 2.24) is 0 Å². The summed E-state index contributed by atoms with van der Waals surface area (Å²) in [6, 6.07) is 24.4. The van der Waals surface area contributed by atoms with E-state index in [9.17, 15) is 10.1 Å². The number of rotatable bonds is 5. The van der Waals surface area contributed by atoms with Crippen molar-refractivity contribution in [2.24, 2.45) is 0 Å². The van der Waals surface area contributed by atoms with Gasteiger partial charge in [-0.05, 0) is 72.3 Å². The van der Waals surface area contributed by atoms with E-state index in [2.05, 4.69) is 21.2 Å². The molecular weight excluding hydrogens is 456 g/mol. The number of carbonyl (C=O) groups is 1. The van der Waals surface area contributed by atoms with E-state index in [0.29, 0.717) is 10.7 Å². The van der Waals surface area contributed by atoms with Gasteiger partial charge < -0.3 is 5.32 Å². The van der Waals surface area contributed by atoms with Crippen LogP contribution in [0.2, 0.25) is 5.02 Å². The lowest BCUT2D eigenvalue weighted by atomic mass is 10.1. The van der Waals surface area contributed by atoms with Crippen molar-refractivity contribution in [3.63, 3.8) is 0 Å². The predicted octanol–water partition coefficient (Wildman–Crippen LogP) is 6.80. The minimum atomic E-state index is -0.440. The van der Waals surface area contributed by atoms with Gasteiger partial charge in [-0.3, -0.25) is 4.79 Å². The second kappa shape index (κ2) is 9.61. The van der Waals surface area contributed by atoms with Crippen LogP contribution in [0.25, 0.3) is 6.08 Å². The van der Waals surface area contributed by atoms with Crippen LogP contribution >= 0.6 is 39.3 Å². The molecule has 3 rings (SSSR count). The van der Waals surface area contributed by atoms with Gasteiger partial charge in [-0.15, -0.1) is 0 Å². The number of anilines is 1. The van der Waals surface area contributed by atoms with Gasteiger partial charge in [-0.25, -0.2) is 0 Å². The van der Waals surface area contributed by atoms with Gasteiger partial charge >= 0.3 is 0 Å². The van der Waals surface area contributed by atoms with E-state index in [1.807, 2.05) is 66.7 Å². The Balaban J connectivity index is 1.69. The van der Waals surface area contributed by atoms with E-state index in [0.717, 1.165) is 19.8 Å². The number of nitrogens with one attached hydrogen (secondary N) is 1. The molecule has 3 aromatic rings. The van der Waals surface area contributed by atoms with Crippen LogP contribution in [-0.2, 0) is 4.79 Å². The molecule has 0 fully saturated rings. The second-order valence-corrected chi connectivity index (χ2v) is 8.25. The van der Waals surface area contributed by atoms with Gasteiger partial charge in [0.15, 0.2) is 0 Å². The lowest BCUT2D eigenvalue weighted by Crippen LogP contribution is -2.13. The van der Waals surface area contributed by atoms with E-state index < -0.39 is 5.91 Å². The van der Waals surface area contributed by atoms with Crippen molar-refractivity contribution in [2.45, 2.75) is 9.79 Å². The molecule has 0 heterocycles. The molecule has 0 spiro atoms. The first-order valence-corrected chi connectivity index (χ1v) is 10.2. The molecule has 0 bridgehead atoms. The average molecular weight is 470 g/mol. The number of nitriles is 1. The predicted molar refractivity (Wildman–Crippen MR) is 118 cm³/mol. The van der Waals surface area contributed by atoms with Gasteiger partial charge in [0.25, 0.3) is 5.91 Å². The van der Waals surface area contributed by atoms with Crippen molar-refractivity contribution in [2.75, 3.05) is 5.32 Å². The largest absolute Gasteiger partial charge is 0.321 e. The summed E-state index contributed by atoms with van der Waals surface area (Å²) in [5, 5.41) is 12.8. The monoisotopic (exact) mass is 468 g/mol. The van der Waals surface area contributed by atoms with E-state index in [1.165, 1.54) is 0 Å². The van der Waals surface area contributed by atoms with Crippen molar-refractivity contribution in [1.29, 1.82) is 5.26 Å². The molecule has 3 nitrogen and oxygen atoms in total. The summed E-state index contributed by atoms with van der Waals surface area (Å²) in [5.41, 5.74) is 1.45. The number of benzene rings is 3. The molecule has 0 saturated carbocycles. The third-order valence-electron chi connectivity index (χ3n) is 3.71. The Labute approximate surface area is 181 Å². The minimum Gasteiger partial charge on any atom is -0.321 e. The highest BCUT2D eigenvalue weighted by Gasteiger charge is 2.09. The quantitative estimate of drug-likeness (QED) is 0.330. The fraction of sp³-hybridized carbons (Fsp3) is 0. The molecule has 0 unspecified atom stereocenters. The minimum absolute atomic E-state index is 0.0426. The zero-order valence-corrected chi connectivity index (χ0v) is 17.7. The highest BCUT2D eigenvalue weighted by atomic mass is 79.9. The van der Waals surface area contributed by atoms with Crippen LogP contribution < -0.4 is 5.32 Å². The molecule has 28 heavy (non-hydrogen) atoms. The van der Waals surface area contributed by atoms with Crippen LogP contribution in [0.4, 0.5) is 5.69 Å². The van der Waals surface area contributed by atoms with Crippen molar-refractivity contribution in [3.8, 4) is 6.07 Å². The third-order valence-corrected chi connectivity index (χ3v) is 5.50. The fourth-order valence-corrected chi connectivity index (χ4v) is 3.52. The molecule has 1 N–H and O–H groups in total. The molecule has 0 aromatic heterocycles. The molecule has 0 atom stereocenters. The summed E-state index contributed by atoms with van der Waals surface area (Å²) in [6.45, 7) is 0. The number of hydrogen-bond donors (Lipinski definition) is 1. The van der Waals surface area contributed by atoms with Crippen LogP contribution in [-0.4, -0.2) is 5.91 Å². The maximum Gasteiger partial charge on any atom is 0.266 e. The zero-order valence-electron chi connectivity index (χ0n) is 14.5. The normalized spacial score (nSPS) is 11.0. The lowest BCUT2D eigenvalue weighted by molar-refractivity contribution is -0.112. The first kappa shape index (κ1) is 20.2. The summed E-state index contributed by atoms with van der Waals surface area (Å²) < 4.78 is 0.915. The molecule has 3 aromatic carbocycles. The van der Waals surface area contributed by atoms with Gasteiger partial charge in [0.05, 0.1) is 0 Å². The topological polar surface area (TPSA) is 52.9 Å². The van der Waals surface area contributed by atoms with E-state index >= 15 is 0 Å². The van der Waals surface area contributed by atoms with E-state index in [-0.39, 0.29) is 5.57 Å². The SMILES string of the molecule is N#C/C(=C/c1ccc(Sc2ccc(Cl)cc2)cc1)C(=O)Nc1ccc(Br)cc1. The molecule has 0 radical (unpaired) electrons. The molecular formula is C22H14BrClN2OS. The highest BCUT2D eigenvalue weighted by molar-refractivity contribution is 9.10. The second-order valence-electron chi connectivity index (χ2n) is 5.76. The van der Waals surface area contributed by atoms with E-state index in [1.54, 1.807) is 30.0 Å². The molecule has 0 aliphatic carbocycles. The van der Waals surface area contributed by atoms with Gasteiger partial charge in [0, 0.05) is 25.0 Å². The number of carbonyl (C=O) groups excluding carboxylic acids is 1. The number of amides is 1. The summed E-state index contributed by atoms with van der Waals surface area (Å²) in [4.78, 5) is 14.5. The third kappa shape index (κ3) is 5.74. The maximum atomic E-state index is 12.3. The van der Waals surface area contributed by atoms with Crippen LogP contribution in [0.3, 0.4) is 0 Å². The first-order chi connectivity index (χ1) is 13.5. The van der Waals surface area contributed by atoms with Crippen molar-refractivity contribution >= 4 is 57.0 Å². The van der Waals surface area contributed by atoms with Crippen LogP contribution in [0, 0.1) is 11.3 Å². The Kier molecular flexibility index (Phi) is 6.94. The maximum absolute atomic E-state index is 12.3. The number of hydrogen-bond acceptors (Lipinski definition) is 3. The van der Waals surface area contributed by atoms with Crippen LogP contribution in [0.15, 0.2) is 92.6 Å². The molecule has 0 aliphatic heterocycles. The van der Waals surface area contributed by atoms with Gasteiger partial charge in [-0.1, -0.05) is 51.4 Å².